The Labute approximate surface area is 98.6 Å². The zero-order valence-electron chi connectivity index (χ0n) is 10.0. The van der Waals surface area contributed by atoms with Crippen LogP contribution >= 0.6 is 0 Å². The molecule has 92 valence electrons. The fourth-order valence-electron chi connectivity index (χ4n) is 1.22. The molecule has 0 unspecified atom stereocenters. The van der Waals surface area contributed by atoms with E-state index in [1.807, 2.05) is 0 Å². The van der Waals surface area contributed by atoms with Gasteiger partial charge >= 0.3 is 0 Å². The topological polar surface area (TPSA) is 34.1 Å². The number of hydrogen-bond acceptors (Lipinski definition) is 2. The molecule has 1 rings (SSSR count). The van der Waals surface area contributed by atoms with E-state index in [-0.39, 0.29) is 11.3 Å². The number of carbonyl (C=O) groups excluding carboxylic acids is 2. The Morgan fingerprint density at radius 1 is 1.18 bits per heavy atom. The molecule has 0 N–H and O–H groups in total. The third kappa shape index (κ3) is 3.44. The van der Waals surface area contributed by atoms with Crippen LogP contribution in [-0.4, -0.2) is 11.6 Å². The largest absolute Gasteiger partial charge is 0.299 e. The number of rotatable bonds is 3. The van der Waals surface area contributed by atoms with Gasteiger partial charge in [-0.05, 0) is 18.2 Å². The molecule has 0 saturated carbocycles. The van der Waals surface area contributed by atoms with Crippen molar-refractivity contribution in [1.82, 2.24) is 0 Å². The number of Topliss-reactive ketones (excluding diaryl/α,β-unsaturated/α-hetero) is 2. The van der Waals surface area contributed by atoms with Crippen molar-refractivity contribution in [3.8, 4) is 0 Å². The molecule has 0 radical (unpaired) electrons. The molecule has 0 spiro atoms. The summed E-state index contributed by atoms with van der Waals surface area (Å²) in [4.78, 5) is 23.3. The molecule has 0 fully saturated rings. The lowest BCUT2D eigenvalue weighted by Gasteiger charge is -2.15. The van der Waals surface area contributed by atoms with Crippen molar-refractivity contribution >= 4 is 11.6 Å². The first-order valence-electron chi connectivity index (χ1n) is 5.23. The summed E-state index contributed by atoms with van der Waals surface area (Å²) >= 11 is 0. The van der Waals surface area contributed by atoms with Crippen LogP contribution in [0.5, 0.6) is 0 Å². The van der Waals surface area contributed by atoms with Crippen LogP contribution in [0.25, 0.3) is 0 Å². The van der Waals surface area contributed by atoms with E-state index >= 15 is 0 Å². The smallest absolute Gasteiger partial charge is 0.173 e. The van der Waals surface area contributed by atoms with Crippen molar-refractivity contribution in [2.24, 2.45) is 5.41 Å². The van der Waals surface area contributed by atoms with E-state index in [9.17, 15) is 18.4 Å². The average Bonchev–Trinajstić information content (AvgIpc) is 2.20. The molecule has 17 heavy (non-hydrogen) atoms. The summed E-state index contributed by atoms with van der Waals surface area (Å²) in [5.41, 5.74) is -1.04. The quantitative estimate of drug-likeness (QED) is 0.600. The minimum absolute atomic E-state index is 0.300. The van der Waals surface area contributed by atoms with Gasteiger partial charge in [-0.2, -0.15) is 0 Å². The maximum atomic E-state index is 13.3. The zero-order chi connectivity index (χ0) is 13.2. The Kier molecular flexibility index (Phi) is 3.76. The second kappa shape index (κ2) is 4.73. The average molecular weight is 240 g/mol. The van der Waals surface area contributed by atoms with Gasteiger partial charge in [-0.1, -0.05) is 20.8 Å². The Morgan fingerprint density at radius 3 is 2.29 bits per heavy atom. The van der Waals surface area contributed by atoms with Crippen LogP contribution in [0, 0.1) is 17.0 Å². The van der Waals surface area contributed by atoms with Gasteiger partial charge < -0.3 is 0 Å². The number of halogens is 2. The predicted octanol–water partition coefficient (Wildman–Crippen LogP) is 3.15. The summed E-state index contributed by atoms with van der Waals surface area (Å²) in [6.45, 7) is 5.01. The van der Waals surface area contributed by atoms with Crippen LogP contribution in [0.15, 0.2) is 18.2 Å². The number of hydrogen-bond donors (Lipinski definition) is 0. The maximum Gasteiger partial charge on any atom is 0.173 e. The van der Waals surface area contributed by atoms with Crippen molar-refractivity contribution < 1.29 is 18.4 Å². The zero-order valence-corrected chi connectivity index (χ0v) is 10.0. The maximum absolute atomic E-state index is 13.3. The molecule has 0 aliphatic rings. The monoisotopic (exact) mass is 240 g/mol. The lowest BCUT2D eigenvalue weighted by atomic mass is 9.87. The second-order valence-electron chi connectivity index (χ2n) is 4.90. The minimum Gasteiger partial charge on any atom is -0.299 e. The van der Waals surface area contributed by atoms with Gasteiger partial charge in [-0.25, -0.2) is 8.78 Å². The van der Waals surface area contributed by atoms with Crippen molar-refractivity contribution in [2.75, 3.05) is 0 Å². The Morgan fingerprint density at radius 2 is 1.76 bits per heavy atom. The van der Waals surface area contributed by atoms with Gasteiger partial charge in [0.2, 0.25) is 0 Å². The van der Waals surface area contributed by atoms with E-state index in [0.29, 0.717) is 0 Å². The second-order valence-corrected chi connectivity index (χ2v) is 4.90. The number of ketones is 2. The van der Waals surface area contributed by atoms with Crippen molar-refractivity contribution in [1.29, 1.82) is 0 Å². The Bertz CT molecular complexity index is 459. The first-order chi connectivity index (χ1) is 7.71. The highest BCUT2D eigenvalue weighted by atomic mass is 19.1. The number of benzene rings is 1. The highest BCUT2D eigenvalue weighted by molar-refractivity contribution is 6.09. The van der Waals surface area contributed by atoms with Crippen LogP contribution in [0.1, 0.15) is 37.6 Å². The molecular weight excluding hydrogens is 226 g/mol. The predicted molar refractivity (Wildman–Crippen MR) is 59.8 cm³/mol. The Hall–Kier alpha value is -1.58. The molecule has 0 saturated heterocycles. The summed E-state index contributed by atoms with van der Waals surface area (Å²) < 4.78 is 26.1. The molecule has 0 aliphatic heterocycles. The fraction of sp³-hybridized carbons (Fsp3) is 0.385. The standard InChI is InChI=1S/C13H14F2O2/c1-13(2,3)12(17)7-11(16)9-6-8(14)4-5-10(9)15/h4-6H,7H2,1-3H3. The fourth-order valence-corrected chi connectivity index (χ4v) is 1.22. The molecule has 4 heteroatoms. The first kappa shape index (κ1) is 13.5. The lowest BCUT2D eigenvalue weighted by molar-refractivity contribution is -0.125. The molecule has 1 aromatic rings. The summed E-state index contributed by atoms with van der Waals surface area (Å²) in [5.74, 6) is -2.50. The molecule has 0 amide bonds. The Balaban J connectivity index is 2.91. The van der Waals surface area contributed by atoms with Gasteiger partial charge in [0.05, 0.1) is 12.0 Å². The van der Waals surface area contributed by atoms with Crippen molar-refractivity contribution in [3.05, 3.63) is 35.4 Å². The van der Waals surface area contributed by atoms with Crippen molar-refractivity contribution in [3.63, 3.8) is 0 Å². The molecular formula is C13H14F2O2. The van der Waals surface area contributed by atoms with E-state index in [2.05, 4.69) is 0 Å². The van der Waals surface area contributed by atoms with E-state index in [1.165, 1.54) is 0 Å². The highest BCUT2D eigenvalue weighted by Crippen LogP contribution is 2.19. The third-order valence-corrected chi connectivity index (χ3v) is 2.39. The molecule has 0 aromatic heterocycles. The molecule has 2 nitrogen and oxygen atoms in total. The number of carbonyl (C=O) groups is 2. The molecule has 0 atom stereocenters. The van der Waals surface area contributed by atoms with E-state index in [0.717, 1.165) is 18.2 Å². The minimum atomic E-state index is -0.807. The van der Waals surface area contributed by atoms with Gasteiger partial charge in [0.1, 0.15) is 17.4 Å². The van der Waals surface area contributed by atoms with Gasteiger partial charge in [-0.15, -0.1) is 0 Å². The lowest BCUT2D eigenvalue weighted by Crippen LogP contribution is -2.23. The van der Waals surface area contributed by atoms with E-state index in [1.54, 1.807) is 20.8 Å². The molecule has 1 aromatic carbocycles. The summed E-state index contributed by atoms with van der Waals surface area (Å²) in [5, 5.41) is 0. The van der Waals surface area contributed by atoms with Crippen LogP contribution in [0.4, 0.5) is 8.78 Å². The molecule has 0 aliphatic carbocycles. The van der Waals surface area contributed by atoms with Gasteiger partial charge in [0.25, 0.3) is 0 Å². The van der Waals surface area contributed by atoms with Crippen LogP contribution in [0.2, 0.25) is 0 Å². The SMILES string of the molecule is CC(C)(C)C(=O)CC(=O)c1cc(F)ccc1F. The third-order valence-electron chi connectivity index (χ3n) is 2.39. The summed E-state index contributed by atoms with van der Waals surface area (Å²) in [6.07, 6.45) is -0.413. The van der Waals surface area contributed by atoms with Crippen LogP contribution in [0.3, 0.4) is 0 Å². The van der Waals surface area contributed by atoms with Crippen LogP contribution < -0.4 is 0 Å². The van der Waals surface area contributed by atoms with Crippen molar-refractivity contribution in [2.45, 2.75) is 27.2 Å². The van der Waals surface area contributed by atoms with Gasteiger partial charge in [0, 0.05) is 5.41 Å². The van der Waals surface area contributed by atoms with Crippen LogP contribution in [-0.2, 0) is 4.79 Å². The highest BCUT2D eigenvalue weighted by Gasteiger charge is 2.25. The summed E-state index contributed by atoms with van der Waals surface area (Å²) in [6, 6.07) is 2.62. The van der Waals surface area contributed by atoms with E-state index in [4.69, 9.17) is 0 Å². The molecule has 0 heterocycles. The first-order valence-corrected chi connectivity index (χ1v) is 5.23. The summed E-state index contributed by atoms with van der Waals surface area (Å²) in [7, 11) is 0. The van der Waals surface area contributed by atoms with Gasteiger partial charge in [0.15, 0.2) is 5.78 Å². The van der Waals surface area contributed by atoms with Gasteiger partial charge in [-0.3, -0.25) is 9.59 Å². The molecule has 0 bridgehead atoms. The van der Waals surface area contributed by atoms with E-state index < -0.39 is 29.3 Å². The normalized spacial score (nSPS) is 11.4.